The summed E-state index contributed by atoms with van der Waals surface area (Å²) in [5.41, 5.74) is 0. The van der Waals surface area contributed by atoms with E-state index >= 15 is 0 Å². The lowest BCUT2D eigenvalue weighted by molar-refractivity contribution is -0.123. The Morgan fingerprint density at radius 1 is 1.50 bits per heavy atom. The predicted molar refractivity (Wildman–Crippen MR) is 69.7 cm³/mol. The van der Waals surface area contributed by atoms with Gasteiger partial charge in [-0.05, 0) is 6.42 Å². The van der Waals surface area contributed by atoms with E-state index in [1.54, 1.807) is 7.05 Å². The van der Waals surface area contributed by atoms with Crippen molar-refractivity contribution in [2.24, 2.45) is 5.92 Å². The van der Waals surface area contributed by atoms with Crippen LogP contribution in [0.1, 0.15) is 12.8 Å². The third-order valence-electron chi connectivity index (χ3n) is 3.90. The van der Waals surface area contributed by atoms with Crippen molar-refractivity contribution in [3.05, 3.63) is 18.2 Å². The SMILES string of the molecule is CNC(=O)C[C@@H]1C[C@H]2CN(c3ncc(F)cn3)C[C@H]2O1. The van der Waals surface area contributed by atoms with Crippen molar-refractivity contribution in [2.45, 2.75) is 25.0 Å². The zero-order valence-corrected chi connectivity index (χ0v) is 11.3. The second-order valence-corrected chi connectivity index (χ2v) is 5.28. The van der Waals surface area contributed by atoms with Gasteiger partial charge in [-0.25, -0.2) is 14.4 Å². The number of fused-ring (bicyclic) bond motifs is 1. The highest BCUT2D eigenvalue weighted by atomic mass is 19.1. The normalized spacial score (nSPS) is 28.5. The number of hydrogen-bond acceptors (Lipinski definition) is 5. The molecule has 3 rings (SSSR count). The molecule has 1 aromatic rings. The quantitative estimate of drug-likeness (QED) is 0.865. The smallest absolute Gasteiger partial charge is 0.225 e. The van der Waals surface area contributed by atoms with Crippen LogP contribution in [0.25, 0.3) is 0 Å². The van der Waals surface area contributed by atoms with Gasteiger partial charge in [-0.3, -0.25) is 4.79 Å². The summed E-state index contributed by atoms with van der Waals surface area (Å²) in [7, 11) is 1.63. The summed E-state index contributed by atoms with van der Waals surface area (Å²) in [5, 5.41) is 2.61. The summed E-state index contributed by atoms with van der Waals surface area (Å²) in [4.78, 5) is 21.3. The fourth-order valence-electron chi connectivity index (χ4n) is 2.93. The molecule has 2 aliphatic heterocycles. The van der Waals surface area contributed by atoms with Gasteiger partial charge in [0.15, 0.2) is 5.82 Å². The third-order valence-corrected chi connectivity index (χ3v) is 3.90. The first-order valence-corrected chi connectivity index (χ1v) is 6.74. The summed E-state index contributed by atoms with van der Waals surface area (Å²) in [6.45, 7) is 1.49. The first kappa shape index (κ1) is 13.2. The van der Waals surface area contributed by atoms with Crippen LogP contribution in [0.4, 0.5) is 10.3 Å². The molecule has 6 nitrogen and oxygen atoms in total. The van der Waals surface area contributed by atoms with Gasteiger partial charge in [0.1, 0.15) is 0 Å². The maximum atomic E-state index is 12.8. The third kappa shape index (κ3) is 2.58. The van der Waals surface area contributed by atoms with Crippen molar-refractivity contribution in [2.75, 3.05) is 25.0 Å². The van der Waals surface area contributed by atoms with E-state index < -0.39 is 5.82 Å². The van der Waals surface area contributed by atoms with Crippen LogP contribution in [0.5, 0.6) is 0 Å². The molecule has 1 amide bonds. The number of halogens is 1. The Hall–Kier alpha value is -1.76. The average molecular weight is 280 g/mol. The second-order valence-electron chi connectivity index (χ2n) is 5.28. The molecule has 2 saturated heterocycles. The van der Waals surface area contributed by atoms with Gasteiger partial charge in [0.25, 0.3) is 0 Å². The fraction of sp³-hybridized carbons (Fsp3) is 0.615. The van der Waals surface area contributed by atoms with E-state index in [1.165, 1.54) is 12.4 Å². The highest BCUT2D eigenvalue weighted by Gasteiger charge is 2.43. The number of hydrogen-bond donors (Lipinski definition) is 1. The van der Waals surface area contributed by atoms with Crippen LogP contribution >= 0.6 is 0 Å². The van der Waals surface area contributed by atoms with E-state index in [2.05, 4.69) is 15.3 Å². The summed E-state index contributed by atoms with van der Waals surface area (Å²) < 4.78 is 18.7. The standard InChI is InChI=1S/C13H17FN4O2/c1-15-12(19)3-10-2-8-6-18(7-11(8)20-10)13-16-4-9(14)5-17-13/h4-5,8,10-11H,2-3,6-7H2,1H3,(H,15,19)/t8-,10-,11+/m0/s1. The molecule has 0 saturated carbocycles. The van der Waals surface area contributed by atoms with E-state index in [1.807, 2.05) is 4.90 Å². The number of carbonyl (C=O) groups excluding carboxylic acids is 1. The maximum Gasteiger partial charge on any atom is 0.225 e. The van der Waals surface area contributed by atoms with Crippen molar-refractivity contribution < 1.29 is 13.9 Å². The molecule has 2 aliphatic rings. The Labute approximate surface area is 116 Å². The van der Waals surface area contributed by atoms with Gasteiger partial charge in [-0.2, -0.15) is 0 Å². The lowest BCUT2D eigenvalue weighted by Gasteiger charge is -2.18. The van der Waals surface area contributed by atoms with Gasteiger partial charge in [-0.1, -0.05) is 0 Å². The van der Waals surface area contributed by atoms with E-state index in [0.717, 1.165) is 13.0 Å². The van der Waals surface area contributed by atoms with Crippen LogP contribution in [-0.4, -0.2) is 48.2 Å². The molecule has 3 heterocycles. The lowest BCUT2D eigenvalue weighted by Crippen LogP contribution is -2.28. The second kappa shape index (κ2) is 5.32. The number of amides is 1. The van der Waals surface area contributed by atoms with Crippen molar-refractivity contribution in [1.82, 2.24) is 15.3 Å². The molecule has 0 aromatic carbocycles. The maximum absolute atomic E-state index is 12.8. The minimum Gasteiger partial charge on any atom is -0.372 e. The number of anilines is 1. The van der Waals surface area contributed by atoms with Crippen LogP contribution in [0, 0.1) is 11.7 Å². The van der Waals surface area contributed by atoms with E-state index in [0.29, 0.717) is 24.8 Å². The fourth-order valence-corrected chi connectivity index (χ4v) is 2.93. The van der Waals surface area contributed by atoms with Gasteiger partial charge in [0, 0.05) is 26.1 Å². The molecule has 3 atom stereocenters. The number of aromatic nitrogens is 2. The van der Waals surface area contributed by atoms with Gasteiger partial charge in [0.05, 0.1) is 31.0 Å². The van der Waals surface area contributed by atoms with Gasteiger partial charge >= 0.3 is 0 Å². The van der Waals surface area contributed by atoms with Crippen LogP contribution in [0.3, 0.4) is 0 Å². The van der Waals surface area contributed by atoms with E-state index in [9.17, 15) is 9.18 Å². The number of nitrogens with zero attached hydrogens (tertiary/aromatic N) is 3. The zero-order valence-electron chi connectivity index (χ0n) is 11.3. The van der Waals surface area contributed by atoms with Gasteiger partial charge < -0.3 is 15.0 Å². The minimum absolute atomic E-state index is 0.00114. The highest BCUT2D eigenvalue weighted by Crippen LogP contribution is 2.35. The highest BCUT2D eigenvalue weighted by molar-refractivity contribution is 5.76. The van der Waals surface area contributed by atoms with E-state index in [4.69, 9.17) is 4.74 Å². The van der Waals surface area contributed by atoms with Crippen molar-refractivity contribution in [3.8, 4) is 0 Å². The predicted octanol–water partition coefficient (Wildman–Crippen LogP) is 0.345. The zero-order chi connectivity index (χ0) is 14.1. The topological polar surface area (TPSA) is 67.4 Å². The molecule has 2 fully saturated rings. The molecule has 1 aromatic heterocycles. The summed E-state index contributed by atoms with van der Waals surface area (Å²) >= 11 is 0. The molecule has 0 bridgehead atoms. The van der Waals surface area contributed by atoms with Gasteiger partial charge in [0.2, 0.25) is 11.9 Å². The Bertz CT molecular complexity index is 482. The Kier molecular flexibility index (Phi) is 3.52. The summed E-state index contributed by atoms with van der Waals surface area (Å²) in [6.07, 6.45) is 3.74. The summed E-state index contributed by atoms with van der Waals surface area (Å²) in [5.74, 6) is 0.495. The molecule has 20 heavy (non-hydrogen) atoms. The first-order valence-electron chi connectivity index (χ1n) is 6.74. The first-order chi connectivity index (χ1) is 9.65. The van der Waals surface area contributed by atoms with Crippen LogP contribution in [0.15, 0.2) is 12.4 Å². The van der Waals surface area contributed by atoms with E-state index in [-0.39, 0.29) is 18.1 Å². The molecule has 0 aliphatic carbocycles. The Morgan fingerprint density at radius 2 is 2.25 bits per heavy atom. The molecular formula is C13H17FN4O2. The van der Waals surface area contributed by atoms with Crippen molar-refractivity contribution in [1.29, 1.82) is 0 Å². The van der Waals surface area contributed by atoms with Gasteiger partial charge in [-0.15, -0.1) is 0 Å². The molecule has 108 valence electrons. The number of rotatable bonds is 3. The molecular weight excluding hydrogens is 263 g/mol. The number of ether oxygens (including phenoxy) is 1. The van der Waals surface area contributed by atoms with Crippen LogP contribution in [0.2, 0.25) is 0 Å². The molecule has 0 unspecified atom stereocenters. The minimum atomic E-state index is -0.435. The molecule has 0 radical (unpaired) electrons. The largest absolute Gasteiger partial charge is 0.372 e. The molecule has 7 heteroatoms. The lowest BCUT2D eigenvalue weighted by atomic mass is 10.0. The average Bonchev–Trinajstić information content (AvgIpc) is 2.97. The van der Waals surface area contributed by atoms with Crippen LogP contribution in [-0.2, 0) is 9.53 Å². The summed E-state index contributed by atoms with van der Waals surface area (Å²) in [6, 6.07) is 0. The Morgan fingerprint density at radius 3 is 2.90 bits per heavy atom. The van der Waals surface area contributed by atoms with Crippen molar-refractivity contribution >= 4 is 11.9 Å². The van der Waals surface area contributed by atoms with Crippen molar-refractivity contribution in [3.63, 3.8) is 0 Å². The number of carbonyl (C=O) groups is 1. The number of nitrogens with one attached hydrogen (secondary N) is 1. The monoisotopic (exact) mass is 280 g/mol. The Balaban J connectivity index is 1.58. The molecule has 1 N–H and O–H groups in total. The molecule has 0 spiro atoms. The van der Waals surface area contributed by atoms with Crippen LogP contribution < -0.4 is 10.2 Å².